The lowest BCUT2D eigenvalue weighted by Gasteiger charge is -2.12. The zero-order valence-electron chi connectivity index (χ0n) is 30.1. The van der Waals surface area contributed by atoms with Gasteiger partial charge in [0.2, 0.25) is 29.6 Å². The van der Waals surface area contributed by atoms with E-state index in [4.69, 9.17) is 6.42 Å². The van der Waals surface area contributed by atoms with Crippen molar-refractivity contribution < 1.29 is 24.0 Å². The predicted octanol–water partition coefficient (Wildman–Crippen LogP) is 7.11. The van der Waals surface area contributed by atoms with E-state index >= 15 is 0 Å². The predicted molar refractivity (Wildman–Crippen MR) is 202 cm³/mol. The number of amides is 5. The van der Waals surface area contributed by atoms with Crippen molar-refractivity contribution in [3.63, 3.8) is 0 Å². The van der Waals surface area contributed by atoms with E-state index in [1.807, 2.05) is 0 Å². The van der Waals surface area contributed by atoms with Crippen molar-refractivity contribution in [2.45, 2.75) is 110 Å². The van der Waals surface area contributed by atoms with Crippen molar-refractivity contribution in [1.29, 1.82) is 0 Å². The Labute approximate surface area is 305 Å². The van der Waals surface area contributed by atoms with Crippen LogP contribution in [0.25, 0.3) is 0 Å². The monoisotopic (exact) mass is 711 g/mol. The van der Waals surface area contributed by atoms with E-state index < -0.39 is 11.8 Å². The smallest absolute Gasteiger partial charge is 0.258 e. The summed E-state index contributed by atoms with van der Waals surface area (Å²) in [6.07, 6.45) is 19.9. The van der Waals surface area contributed by atoms with Crippen molar-refractivity contribution in [3.05, 3.63) is 53.9 Å². The number of nitrogens with one attached hydrogen (secondary N) is 5. The number of carbonyl (C=O) groups is 5. The molecule has 14 nitrogen and oxygen atoms in total. The minimum Gasteiger partial charge on any atom is -0.326 e. The van der Waals surface area contributed by atoms with Gasteiger partial charge in [0.15, 0.2) is 0 Å². The highest BCUT2D eigenvalue weighted by molar-refractivity contribution is 6.09. The van der Waals surface area contributed by atoms with Crippen LogP contribution in [0, 0.1) is 12.3 Å². The molecule has 276 valence electrons. The molecular weight excluding hydrogens is 662 g/mol. The molecule has 0 atom stereocenters. The van der Waals surface area contributed by atoms with Crippen LogP contribution in [-0.2, 0) is 14.4 Å². The van der Waals surface area contributed by atoms with Crippen LogP contribution in [0.1, 0.15) is 131 Å². The first kappa shape index (κ1) is 40.7. The number of hydrogen-bond donors (Lipinski definition) is 5. The van der Waals surface area contributed by atoms with Crippen molar-refractivity contribution in [2.75, 3.05) is 26.6 Å². The minimum atomic E-state index is -0.674. The van der Waals surface area contributed by atoms with Gasteiger partial charge in [-0.15, -0.1) is 12.3 Å². The van der Waals surface area contributed by atoms with Crippen LogP contribution in [0.4, 0.5) is 29.2 Å². The number of anilines is 5. The van der Waals surface area contributed by atoms with Gasteiger partial charge in [-0.1, -0.05) is 65.2 Å². The SMILES string of the molecule is C#CCCCC(=O)Nc1cc(C(=O)Nc2nccc(NC(=O)CCCCCCC)n2)cc(C(=O)Nc2nccc(NC(=O)CCCCCCC)n2)c1. The normalized spacial score (nSPS) is 10.5. The molecular formula is C38H49N9O5. The summed E-state index contributed by atoms with van der Waals surface area (Å²) in [6, 6.07) is 7.17. The number of unbranched alkanes of at least 4 members (excludes halogenated alkanes) is 9. The van der Waals surface area contributed by atoms with Gasteiger partial charge in [0, 0.05) is 54.9 Å². The topological polar surface area (TPSA) is 197 Å². The van der Waals surface area contributed by atoms with Gasteiger partial charge in [0.25, 0.3) is 11.8 Å². The molecule has 0 aliphatic rings. The van der Waals surface area contributed by atoms with Gasteiger partial charge < -0.3 is 16.0 Å². The maximum atomic E-state index is 13.4. The third-order valence-electron chi connectivity index (χ3n) is 7.78. The van der Waals surface area contributed by atoms with Gasteiger partial charge in [0.05, 0.1) is 0 Å². The molecule has 2 heterocycles. The van der Waals surface area contributed by atoms with E-state index in [9.17, 15) is 24.0 Å². The maximum Gasteiger partial charge on any atom is 0.258 e. The van der Waals surface area contributed by atoms with E-state index in [1.165, 1.54) is 42.7 Å². The van der Waals surface area contributed by atoms with Crippen LogP contribution in [0.5, 0.6) is 0 Å². The van der Waals surface area contributed by atoms with Gasteiger partial charge in [-0.25, -0.2) is 9.97 Å². The van der Waals surface area contributed by atoms with E-state index in [0.717, 1.165) is 64.2 Å². The molecule has 3 aromatic rings. The molecule has 1 aromatic carbocycles. The largest absolute Gasteiger partial charge is 0.326 e. The summed E-state index contributed by atoms with van der Waals surface area (Å²) in [5.41, 5.74) is 0.209. The first-order chi connectivity index (χ1) is 25.2. The summed E-state index contributed by atoms with van der Waals surface area (Å²) in [5.74, 6) is 0.700. The molecule has 0 saturated heterocycles. The summed E-state index contributed by atoms with van der Waals surface area (Å²) in [4.78, 5) is 80.9. The zero-order valence-corrected chi connectivity index (χ0v) is 30.1. The number of nitrogens with zero attached hydrogens (tertiary/aromatic N) is 4. The zero-order chi connectivity index (χ0) is 37.6. The van der Waals surface area contributed by atoms with Crippen LogP contribution in [0.15, 0.2) is 42.7 Å². The fourth-order valence-electron chi connectivity index (χ4n) is 5.05. The van der Waals surface area contributed by atoms with E-state index in [0.29, 0.717) is 25.7 Å². The molecule has 0 radical (unpaired) electrons. The molecule has 2 aromatic heterocycles. The molecule has 52 heavy (non-hydrogen) atoms. The number of benzene rings is 1. The highest BCUT2D eigenvalue weighted by atomic mass is 16.2. The quantitative estimate of drug-likeness (QED) is 0.0533. The number of aromatic nitrogens is 4. The first-order valence-corrected chi connectivity index (χ1v) is 18.0. The molecule has 0 bridgehead atoms. The summed E-state index contributed by atoms with van der Waals surface area (Å²) in [6.45, 7) is 4.26. The Morgan fingerprint density at radius 3 is 1.48 bits per heavy atom. The van der Waals surface area contributed by atoms with Crippen molar-refractivity contribution in [2.24, 2.45) is 0 Å². The Hall–Kier alpha value is -5.71. The Morgan fingerprint density at radius 2 is 1.02 bits per heavy atom. The van der Waals surface area contributed by atoms with Gasteiger partial charge in [-0.3, -0.25) is 34.6 Å². The molecule has 0 fully saturated rings. The molecule has 14 heteroatoms. The molecule has 3 rings (SSSR count). The van der Waals surface area contributed by atoms with Gasteiger partial charge >= 0.3 is 0 Å². The van der Waals surface area contributed by atoms with Crippen LogP contribution in [-0.4, -0.2) is 49.5 Å². The average Bonchev–Trinajstić information content (AvgIpc) is 3.11. The number of carbonyl (C=O) groups excluding carboxylic acids is 5. The van der Waals surface area contributed by atoms with Crippen LogP contribution in [0.2, 0.25) is 0 Å². The van der Waals surface area contributed by atoms with Crippen molar-refractivity contribution >= 4 is 58.8 Å². The second-order valence-electron chi connectivity index (χ2n) is 12.3. The fraction of sp³-hybridized carbons (Fsp3) is 0.447. The minimum absolute atomic E-state index is 0.0116. The van der Waals surface area contributed by atoms with E-state index in [1.54, 1.807) is 0 Å². The van der Waals surface area contributed by atoms with E-state index in [2.05, 4.69) is 66.3 Å². The molecule has 0 spiro atoms. The fourth-order valence-corrected chi connectivity index (χ4v) is 5.05. The molecule has 5 N–H and O–H groups in total. The number of terminal acetylenes is 1. The lowest BCUT2D eigenvalue weighted by molar-refractivity contribution is -0.117. The summed E-state index contributed by atoms with van der Waals surface area (Å²) < 4.78 is 0. The highest BCUT2D eigenvalue weighted by Crippen LogP contribution is 2.19. The Morgan fingerprint density at radius 1 is 0.577 bits per heavy atom. The Balaban J connectivity index is 1.73. The molecule has 5 amide bonds. The highest BCUT2D eigenvalue weighted by Gasteiger charge is 2.17. The van der Waals surface area contributed by atoms with Gasteiger partial charge in [-0.2, -0.15) is 9.97 Å². The molecule has 0 aliphatic carbocycles. The summed E-state index contributed by atoms with van der Waals surface area (Å²) in [5, 5.41) is 13.3. The molecule has 0 unspecified atom stereocenters. The number of rotatable bonds is 22. The van der Waals surface area contributed by atoms with Gasteiger partial charge in [-0.05, 0) is 49.6 Å². The Bertz CT molecular complexity index is 1600. The second kappa shape index (κ2) is 22.9. The maximum absolute atomic E-state index is 13.4. The standard InChI is InChI=1S/C38H49N9O5/c1-4-7-10-12-15-18-33(49)42-30-20-22-39-37(44-30)46-35(51)27-24-28(26-29(25-27)41-32(48)17-14-9-6-3)36(52)47-38-40-23-21-31(45-38)43-34(50)19-16-13-11-8-5-2/h3,20-26H,4-5,7-19H2,1-2H3,(H,41,48)(H2,39,42,44,46,49,51)(H2,40,43,45,47,50,52). The molecule has 0 saturated carbocycles. The second-order valence-corrected chi connectivity index (χ2v) is 12.3. The van der Waals surface area contributed by atoms with Crippen LogP contribution < -0.4 is 26.6 Å². The molecule has 0 aliphatic heterocycles. The third kappa shape index (κ3) is 15.5. The van der Waals surface area contributed by atoms with Gasteiger partial charge in [0.1, 0.15) is 11.6 Å². The van der Waals surface area contributed by atoms with Crippen LogP contribution >= 0.6 is 0 Å². The lowest BCUT2D eigenvalue weighted by Crippen LogP contribution is -2.20. The lowest BCUT2D eigenvalue weighted by atomic mass is 10.1. The Kier molecular flexibility index (Phi) is 17.9. The van der Waals surface area contributed by atoms with Crippen LogP contribution in [0.3, 0.4) is 0 Å². The number of hydrogen-bond acceptors (Lipinski definition) is 9. The van der Waals surface area contributed by atoms with E-state index in [-0.39, 0.29) is 64.5 Å². The average molecular weight is 712 g/mol. The van der Waals surface area contributed by atoms with Crippen molar-refractivity contribution in [1.82, 2.24) is 19.9 Å². The summed E-state index contributed by atoms with van der Waals surface area (Å²) >= 11 is 0. The van der Waals surface area contributed by atoms with Crippen molar-refractivity contribution in [3.8, 4) is 12.3 Å². The third-order valence-corrected chi connectivity index (χ3v) is 7.78. The first-order valence-electron chi connectivity index (χ1n) is 18.0. The summed E-state index contributed by atoms with van der Waals surface area (Å²) in [7, 11) is 0.